The van der Waals surface area contributed by atoms with Crippen molar-refractivity contribution in [3.63, 3.8) is 0 Å². The zero-order chi connectivity index (χ0) is 14.5. The van der Waals surface area contributed by atoms with E-state index in [0.29, 0.717) is 23.1 Å². The van der Waals surface area contributed by atoms with Crippen molar-refractivity contribution in [1.29, 1.82) is 0 Å². The van der Waals surface area contributed by atoms with E-state index in [1.807, 2.05) is 11.9 Å². The van der Waals surface area contributed by atoms with Gasteiger partial charge in [-0.15, -0.1) is 0 Å². The lowest BCUT2D eigenvalue weighted by Crippen LogP contribution is -2.44. The van der Waals surface area contributed by atoms with Gasteiger partial charge in [0.25, 0.3) is 5.91 Å². The number of carbonyl (C=O) groups is 1. The van der Waals surface area contributed by atoms with E-state index in [1.165, 1.54) is 0 Å². The summed E-state index contributed by atoms with van der Waals surface area (Å²) in [5, 5.41) is 3.26. The molecule has 1 saturated heterocycles. The molecule has 0 aliphatic carbocycles. The van der Waals surface area contributed by atoms with E-state index in [4.69, 9.17) is 9.47 Å². The van der Waals surface area contributed by atoms with E-state index in [2.05, 4.69) is 5.32 Å². The van der Waals surface area contributed by atoms with Gasteiger partial charge in [0.15, 0.2) is 0 Å². The van der Waals surface area contributed by atoms with Gasteiger partial charge in [-0.1, -0.05) is 0 Å². The molecule has 0 unspecified atom stereocenters. The summed E-state index contributed by atoms with van der Waals surface area (Å²) >= 11 is 0. The lowest BCUT2D eigenvalue weighted by Gasteiger charge is -2.32. The molecule has 1 aromatic carbocycles. The van der Waals surface area contributed by atoms with Crippen molar-refractivity contribution < 1.29 is 14.3 Å². The van der Waals surface area contributed by atoms with E-state index in [1.54, 1.807) is 32.4 Å². The largest absolute Gasteiger partial charge is 0.497 e. The zero-order valence-corrected chi connectivity index (χ0v) is 12.3. The fraction of sp³-hybridized carbons (Fsp3) is 0.533. The quantitative estimate of drug-likeness (QED) is 0.907. The smallest absolute Gasteiger partial charge is 0.257 e. The molecule has 20 heavy (non-hydrogen) atoms. The molecule has 0 spiro atoms. The van der Waals surface area contributed by atoms with Crippen LogP contribution in [0.25, 0.3) is 0 Å². The van der Waals surface area contributed by atoms with E-state index >= 15 is 0 Å². The molecule has 1 heterocycles. The third-order valence-electron chi connectivity index (χ3n) is 3.83. The normalized spacial score (nSPS) is 16.1. The monoisotopic (exact) mass is 278 g/mol. The van der Waals surface area contributed by atoms with Crippen LogP contribution in [0.3, 0.4) is 0 Å². The number of rotatable bonds is 4. The number of nitrogens with zero attached hydrogens (tertiary/aromatic N) is 1. The Bertz CT molecular complexity index is 468. The van der Waals surface area contributed by atoms with Crippen LogP contribution in [0, 0.1) is 0 Å². The standard InChI is InChI=1S/C15H22N2O3/c1-16-11-6-8-17(9-7-11)15(18)13-5-4-12(19-2)10-14(13)20-3/h4-5,10-11,16H,6-9H2,1-3H3. The first kappa shape index (κ1) is 14.7. The minimum absolute atomic E-state index is 0.0269. The molecule has 0 aromatic heterocycles. The van der Waals surface area contributed by atoms with Crippen LogP contribution in [0.4, 0.5) is 0 Å². The van der Waals surface area contributed by atoms with Crippen LogP contribution < -0.4 is 14.8 Å². The van der Waals surface area contributed by atoms with Crippen LogP contribution in [0.2, 0.25) is 0 Å². The van der Waals surface area contributed by atoms with Crippen molar-refractivity contribution in [3.8, 4) is 11.5 Å². The molecule has 1 fully saturated rings. The van der Waals surface area contributed by atoms with Crippen LogP contribution in [0.5, 0.6) is 11.5 Å². The number of benzene rings is 1. The van der Waals surface area contributed by atoms with Gasteiger partial charge in [-0.2, -0.15) is 0 Å². The van der Waals surface area contributed by atoms with E-state index in [0.717, 1.165) is 25.9 Å². The van der Waals surface area contributed by atoms with Crippen LogP contribution in [-0.4, -0.2) is 51.2 Å². The van der Waals surface area contributed by atoms with Crippen LogP contribution in [0.15, 0.2) is 18.2 Å². The Morgan fingerprint density at radius 1 is 1.25 bits per heavy atom. The average Bonchev–Trinajstić information content (AvgIpc) is 2.53. The SMILES string of the molecule is CNC1CCN(C(=O)c2ccc(OC)cc2OC)CC1. The number of hydrogen-bond donors (Lipinski definition) is 1. The van der Waals surface area contributed by atoms with Gasteiger partial charge in [0.05, 0.1) is 19.8 Å². The molecule has 1 aromatic rings. The number of carbonyl (C=O) groups excluding carboxylic acids is 1. The van der Waals surface area contributed by atoms with E-state index in [9.17, 15) is 4.79 Å². The fourth-order valence-electron chi connectivity index (χ4n) is 2.52. The third-order valence-corrected chi connectivity index (χ3v) is 3.83. The molecule has 1 amide bonds. The van der Waals surface area contributed by atoms with Crippen molar-refractivity contribution in [2.75, 3.05) is 34.4 Å². The highest BCUT2D eigenvalue weighted by Crippen LogP contribution is 2.26. The summed E-state index contributed by atoms with van der Waals surface area (Å²) < 4.78 is 10.5. The fourth-order valence-corrected chi connectivity index (χ4v) is 2.52. The summed E-state index contributed by atoms with van der Waals surface area (Å²) in [4.78, 5) is 14.4. The Morgan fingerprint density at radius 3 is 2.50 bits per heavy atom. The van der Waals surface area contributed by atoms with E-state index < -0.39 is 0 Å². The number of amides is 1. The van der Waals surface area contributed by atoms with Gasteiger partial charge in [-0.3, -0.25) is 4.79 Å². The molecule has 1 N–H and O–H groups in total. The van der Waals surface area contributed by atoms with Gasteiger partial charge >= 0.3 is 0 Å². The molecule has 0 radical (unpaired) electrons. The predicted molar refractivity (Wildman–Crippen MR) is 77.5 cm³/mol. The highest BCUT2D eigenvalue weighted by atomic mass is 16.5. The summed E-state index contributed by atoms with van der Waals surface area (Å²) in [6.45, 7) is 1.55. The second kappa shape index (κ2) is 6.61. The first-order valence-corrected chi connectivity index (χ1v) is 6.88. The summed E-state index contributed by atoms with van der Waals surface area (Å²) in [6.07, 6.45) is 1.97. The van der Waals surface area contributed by atoms with Crippen molar-refractivity contribution in [3.05, 3.63) is 23.8 Å². The van der Waals surface area contributed by atoms with Crippen molar-refractivity contribution in [2.45, 2.75) is 18.9 Å². The summed E-state index contributed by atoms with van der Waals surface area (Å²) in [5.41, 5.74) is 0.594. The highest BCUT2D eigenvalue weighted by molar-refractivity contribution is 5.97. The molecule has 110 valence electrons. The minimum atomic E-state index is 0.0269. The average molecular weight is 278 g/mol. The maximum atomic E-state index is 12.6. The van der Waals surface area contributed by atoms with Gasteiger partial charge < -0.3 is 19.7 Å². The van der Waals surface area contributed by atoms with Gasteiger partial charge in [0, 0.05) is 25.2 Å². The number of methoxy groups -OCH3 is 2. The second-order valence-corrected chi connectivity index (χ2v) is 4.92. The highest BCUT2D eigenvalue weighted by Gasteiger charge is 2.24. The maximum absolute atomic E-state index is 12.6. The first-order valence-electron chi connectivity index (χ1n) is 6.88. The minimum Gasteiger partial charge on any atom is -0.497 e. The van der Waals surface area contributed by atoms with Gasteiger partial charge in [-0.05, 0) is 32.0 Å². The molecular formula is C15H22N2O3. The molecule has 0 bridgehead atoms. The zero-order valence-electron chi connectivity index (χ0n) is 12.3. The number of likely N-dealkylation sites (tertiary alicyclic amines) is 1. The molecule has 1 aliphatic rings. The number of ether oxygens (including phenoxy) is 2. The van der Waals surface area contributed by atoms with Gasteiger partial charge in [-0.25, -0.2) is 0 Å². The molecule has 0 atom stereocenters. The number of nitrogens with one attached hydrogen (secondary N) is 1. The van der Waals surface area contributed by atoms with Crippen molar-refractivity contribution in [2.24, 2.45) is 0 Å². The van der Waals surface area contributed by atoms with Crippen LogP contribution in [-0.2, 0) is 0 Å². The Balaban J connectivity index is 2.13. The molecule has 1 aliphatic heterocycles. The lowest BCUT2D eigenvalue weighted by atomic mass is 10.0. The summed E-state index contributed by atoms with van der Waals surface area (Å²) in [7, 11) is 5.13. The molecule has 5 nitrogen and oxygen atoms in total. The number of hydrogen-bond acceptors (Lipinski definition) is 4. The second-order valence-electron chi connectivity index (χ2n) is 4.92. The topological polar surface area (TPSA) is 50.8 Å². The predicted octanol–water partition coefficient (Wildman–Crippen LogP) is 1.53. The Morgan fingerprint density at radius 2 is 1.95 bits per heavy atom. The van der Waals surface area contributed by atoms with Crippen LogP contribution in [0.1, 0.15) is 23.2 Å². The Labute approximate surface area is 119 Å². The lowest BCUT2D eigenvalue weighted by molar-refractivity contribution is 0.0704. The molecule has 0 saturated carbocycles. The van der Waals surface area contributed by atoms with Crippen molar-refractivity contribution >= 4 is 5.91 Å². The van der Waals surface area contributed by atoms with Crippen LogP contribution >= 0.6 is 0 Å². The molecule has 5 heteroatoms. The maximum Gasteiger partial charge on any atom is 0.257 e. The van der Waals surface area contributed by atoms with Gasteiger partial charge in [0.2, 0.25) is 0 Å². The summed E-state index contributed by atoms with van der Waals surface area (Å²) in [5.74, 6) is 1.27. The number of piperidine rings is 1. The summed E-state index contributed by atoms with van der Waals surface area (Å²) in [6, 6.07) is 5.81. The first-order chi connectivity index (χ1) is 9.69. The van der Waals surface area contributed by atoms with Crippen molar-refractivity contribution in [1.82, 2.24) is 10.2 Å². The Kier molecular flexibility index (Phi) is 4.84. The Hall–Kier alpha value is -1.75. The molecular weight excluding hydrogens is 256 g/mol. The molecule has 2 rings (SSSR count). The van der Waals surface area contributed by atoms with Gasteiger partial charge in [0.1, 0.15) is 11.5 Å². The third kappa shape index (κ3) is 3.04. The van der Waals surface area contributed by atoms with E-state index in [-0.39, 0.29) is 5.91 Å².